The summed E-state index contributed by atoms with van der Waals surface area (Å²) >= 11 is 0. The Labute approximate surface area is 229 Å². The summed E-state index contributed by atoms with van der Waals surface area (Å²) in [6.07, 6.45) is -3.79. The first kappa shape index (κ1) is 26.9. The number of halogens is 3. The van der Waals surface area contributed by atoms with E-state index >= 15 is 0 Å². The van der Waals surface area contributed by atoms with Crippen LogP contribution in [0.3, 0.4) is 0 Å². The Morgan fingerprint density at radius 1 is 0.900 bits per heavy atom. The maximum atomic E-state index is 13.2. The average Bonchev–Trinajstić information content (AvgIpc) is 2.97. The number of benzene rings is 3. The van der Waals surface area contributed by atoms with Crippen LogP contribution in [0.5, 0.6) is 0 Å². The van der Waals surface area contributed by atoms with E-state index in [0.29, 0.717) is 61.7 Å². The molecule has 10 heteroatoms. The Morgan fingerprint density at radius 3 is 2.23 bits per heavy atom. The van der Waals surface area contributed by atoms with Crippen LogP contribution >= 0.6 is 0 Å². The largest absolute Gasteiger partial charge is 0.416 e. The minimum absolute atomic E-state index is 0.269. The van der Waals surface area contributed by atoms with Crippen molar-refractivity contribution >= 4 is 28.4 Å². The van der Waals surface area contributed by atoms with E-state index in [1.807, 2.05) is 58.3 Å². The zero-order chi connectivity index (χ0) is 28.1. The molecule has 1 atom stereocenters. The number of amides is 1. The van der Waals surface area contributed by atoms with E-state index in [0.717, 1.165) is 17.7 Å². The van der Waals surface area contributed by atoms with Gasteiger partial charge in [-0.1, -0.05) is 48.5 Å². The molecule has 0 saturated carbocycles. The highest BCUT2D eigenvalue weighted by Crippen LogP contribution is 2.33. The average molecular weight is 545 g/mol. The standard InChI is InChI=1S/C30H27F3N6O/c31-30(32,33)22-9-6-10-23(19-22)38-15-17-39(18-16-38)28-27(36-25-11-4-5-12-26(25)37-28)24(20-34)29(40)35-14-13-21-7-2-1-3-8-21/h1-12,19,24H,13-18H2,(H,35,40). The van der Waals surface area contributed by atoms with Gasteiger partial charge in [0.2, 0.25) is 5.91 Å². The van der Waals surface area contributed by atoms with Crippen molar-refractivity contribution < 1.29 is 18.0 Å². The number of nitrogens with zero attached hydrogens (tertiary/aromatic N) is 5. The molecule has 1 aliphatic rings. The molecular weight excluding hydrogens is 517 g/mol. The molecule has 40 heavy (non-hydrogen) atoms. The highest BCUT2D eigenvalue weighted by molar-refractivity contribution is 5.89. The van der Waals surface area contributed by atoms with Gasteiger partial charge in [-0.3, -0.25) is 4.79 Å². The zero-order valence-corrected chi connectivity index (χ0v) is 21.6. The predicted molar refractivity (Wildman–Crippen MR) is 147 cm³/mol. The Kier molecular flexibility index (Phi) is 7.82. The Hall–Kier alpha value is -4.65. The third-order valence-electron chi connectivity index (χ3n) is 6.92. The highest BCUT2D eigenvalue weighted by Gasteiger charge is 2.32. The number of hydrogen-bond acceptors (Lipinski definition) is 6. The van der Waals surface area contributed by atoms with Crippen molar-refractivity contribution in [3.63, 3.8) is 0 Å². The first-order valence-corrected chi connectivity index (χ1v) is 13.0. The molecule has 2 heterocycles. The Bertz CT molecular complexity index is 1530. The molecule has 0 radical (unpaired) electrons. The summed E-state index contributed by atoms with van der Waals surface area (Å²) in [6.45, 7) is 2.12. The molecule has 1 aromatic heterocycles. The molecule has 3 aromatic carbocycles. The van der Waals surface area contributed by atoms with E-state index in [4.69, 9.17) is 9.97 Å². The lowest BCUT2D eigenvalue weighted by atomic mass is 10.0. The number of carbonyl (C=O) groups is 1. The molecule has 204 valence electrons. The van der Waals surface area contributed by atoms with Gasteiger partial charge in [0.15, 0.2) is 11.7 Å². The van der Waals surface area contributed by atoms with Gasteiger partial charge in [-0.25, -0.2) is 9.97 Å². The van der Waals surface area contributed by atoms with Crippen LogP contribution in [0.25, 0.3) is 11.0 Å². The molecule has 7 nitrogen and oxygen atoms in total. The van der Waals surface area contributed by atoms with Crippen molar-refractivity contribution in [2.45, 2.75) is 18.5 Å². The summed E-state index contributed by atoms with van der Waals surface area (Å²) in [5, 5.41) is 12.9. The number of alkyl halides is 3. The molecule has 0 aliphatic carbocycles. The highest BCUT2D eigenvalue weighted by atomic mass is 19.4. The van der Waals surface area contributed by atoms with Gasteiger partial charge in [0.1, 0.15) is 5.69 Å². The lowest BCUT2D eigenvalue weighted by Gasteiger charge is -2.37. The van der Waals surface area contributed by atoms with Crippen LogP contribution in [0.2, 0.25) is 0 Å². The van der Waals surface area contributed by atoms with Crippen LogP contribution in [-0.4, -0.2) is 48.6 Å². The Morgan fingerprint density at radius 2 is 1.55 bits per heavy atom. The van der Waals surface area contributed by atoms with Crippen LogP contribution in [0.4, 0.5) is 24.7 Å². The molecule has 1 amide bonds. The van der Waals surface area contributed by atoms with Crippen LogP contribution in [0, 0.1) is 11.3 Å². The SMILES string of the molecule is N#CC(C(=O)NCCc1ccccc1)c1nc2ccccc2nc1N1CCN(c2cccc(C(F)(F)F)c2)CC1. The van der Waals surface area contributed by atoms with E-state index < -0.39 is 23.6 Å². The third-order valence-corrected chi connectivity index (χ3v) is 6.92. The fourth-order valence-electron chi connectivity index (χ4n) is 4.81. The number of hydrogen-bond donors (Lipinski definition) is 1. The van der Waals surface area contributed by atoms with Crippen molar-refractivity contribution in [1.82, 2.24) is 15.3 Å². The first-order chi connectivity index (χ1) is 19.3. The lowest BCUT2D eigenvalue weighted by Crippen LogP contribution is -2.47. The van der Waals surface area contributed by atoms with E-state index in [9.17, 15) is 23.2 Å². The fourth-order valence-corrected chi connectivity index (χ4v) is 4.81. The number of aromatic nitrogens is 2. The fraction of sp³-hybridized carbons (Fsp3) is 0.267. The van der Waals surface area contributed by atoms with Gasteiger partial charge in [0.25, 0.3) is 0 Å². The van der Waals surface area contributed by atoms with Crippen LogP contribution in [0.1, 0.15) is 22.7 Å². The number of nitrogens with one attached hydrogen (secondary N) is 1. The molecular formula is C30H27F3N6O. The molecule has 0 spiro atoms. The van der Waals surface area contributed by atoms with Crippen LogP contribution < -0.4 is 15.1 Å². The molecule has 1 N–H and O–H groups in total. The van der Waals surface area contributed by atoms with Crippen LogP contribution in [-0.2, 0) is 17.4 Å². The maximum absolute atomic E-state index is 13.2. The van der Waals surface area contributed by atoms with Gasteiger partial charge >= 0.3 is 6.18 Å². The number of para-hydroxylation sites is 2. The summed E-state index contributed by atoms with van der Waals surface area (Å²) in [7, 11) is 0. The van der Waals surface area contributed by atoms with Crippen molar-refractivity contribution in [2.75, 3.05) is 42.5 Å². The number of anilines is 2. The summed E-state index contributed by atoms with van der Waals surface area (Å²) < 4.78 is 39.7. The third kappa shape index (κ3) is 5.99. The van der Waals surface area contributed by atoms with Crippen molar-refractivity contribution in [3.05, 3.63) is 95.7 Å². The quantitative estimate of drug-likeness (QED) is 0.355. The summed E-state index contributed by atoms with van der Waals surface area (Å²) in [4.78, 5) is 26.5. The molecule has 1 unspecified atom stereocenters. The molecule has 5 rings (SSSR count). The van der Waals surface area contributed by atoms with E-state index in [1.165, 1.54) is 6.07 Å². The van der Waals surface area contributed by atoms with E-state index in [2.05, 4.69) is 11.4 Å². The van der Waals surface area contributed by atoms with Gasteiger partial charge in [-0.15, -0.1) is 0 Å². The molecule has 1 fully saturated rings. The molecule has 1 aliphatic heterocycles. The summed E-state index contributed by atoms with van der Waals surface area (Å²) in [6, 6.07) is 24.4. The number of fused-ring (bicyclic) bond motifs is 1. The molecule has 4 aromatic rings. The monoisotopic (exact) mass is 544 g/mol. The van der Waals surface area contributed by atoms with E-state index in [1.54, 1.807) is 12.1 Å². The predicted octanol–water partition coefficient (Wildman–Crippen LogP) is 4.94. The molecule has 1 saturated heterocycles. The smallest absolute Gasteiger partial charge is 0.368 e. The van der Waals surface area contributed by atoms with Gasteiger partial charge in [-0.2, -0.15) is 18.4 Å². The number of carbonyl (C=O) groups excluding carboxylic acids is 1. The summed E-state index contributed by atoms with van der Waals surface area (Å²) in [5.74, 6) is -1.19. The minimum atomic E-state index is -4.42. The van der Waals surface area contributed by atoms with Crippen molar-refractivity contribution in [1.29, 1.82) is 5.26 Å². The van der Waals surface area contributed by atoms with Gasteiger partial charge < -0.3 is 15.1 Å². The van der Waals surface area contributed by atoms with Crippen LogP contribution in [0.15, 0.2) is 78.9 Å². The lowest BCUT2D eigenvalue weighted by molar-refractivity contribution is -0.137. The number of piperazine rings is 1. The van der Waals surface area contributed by atoms with Crippen molar-refractivity contribution in [3.8, 4) is 6.07 Å². The van der Waals surface area contributed by atoms with Gasteiger partial charge in [0, 0.05) is 38.4 Å². The van der Waals surface area contributed by atoms with E-state index in [-0.39, 0.29) is 5.69 Å². The summed E-state index contributed by atoms with van der Waals surface area (Å²) in [5.41, 5.74) is 2.34. The van der Waals surface area contributed by atoms with Gasteiger partial charge in [-0.05, 0) is 42.3 Å². The minimum Gasteiger partial charge on any atom is -0.368 e. The second-order valence-electron chi connectivity index (χ2n) is 9.53. The van der Waals surface area contributed by atoms with Crippen molar-refractivity contribution in [2.24, 2.45) is 0 Å². The zero-order valence-electron chi connectivity index (χ0n) is 21.6. The number of nitriles is 1. The molecule has 0 bridgehead atoms. The second-order valence-corrected chi connectivity index (χ2v) is 9.53. The normalized spacial score (nSPS) is 14.6. The second kappa shape index (κ2) is 11.6. The van der Waals surface area contributed by atoms with Gasteiger partial charge in [0.05, 0.1) is 22.7 Å². The first-order valence-electron chi connectivity index (χ1n) is 13.0. The topological polar surface area (TPSA) is 85.1 Å². The number of rotatable bonds is 7. The Balaban J connectivity index is 1.36. The maximum Gasteiger partial charge on any atom is 0.416 e.